The minimum absolute atomic E-state index is 0.0369. The third kappa shape index (κ3) is 3.68. The van der Waals surface area contributed by atoms with Crippen LogP contribution in [0.5, 0.6) is 0 Å². The Kier molecular flexibility index (Phi) is 4.91. The molecule has 2 rings (SSSR count). The number of nitrogens with one attached hydrogen (secondary N) is 1. The highest BCUT2D eigenvalue weighted by molar-refractivity contribution is 5.76. The molecule has 1 aromatic rings. The molecule has 20 heavy (non-hydrogen) atoms. The Morgan fingerprint density at radius 1 is 1.45 bits per heavy atom. The average molecular weight is 277 g/mol. The number of hydrogen-bond donors (Lipinski definition) is 1. The summed E-state index contributed by atoms with van der Waals surface area (Å²) in [5, 5.41) is 11.5. The van der Waals surface area contributed by atoms with Gasteiger partial charge in [-0.3, -0.25) is 4.79 Å². The van der Waals surface area contributed by atoms with Gasteiger partial charge in [0.15, 0.2) is 0 Å². The lowest BCUT2D eigenvalue weighted by Gasteiger charge is -2.26. The van der Waals surface area contributed by atoms with E-state index in [1.165, 1.54) is 18.2 Å². The zero-order valence-electron chi connectivity index (χ0n) is 11.1. The van der Waals surface area contributed by atoms with Crippen LogP contribution in [-0.4, -0.2) is 43.7 Å². The summed E-state index contributed by atoms with van der Waals surface area (Å²) in [5.41, 5.74) is 0.580. The number of hydrogen-bond acceptors (Lipinski definition) is 4. The summed E-state index contributed by atoms with van der Waals surface area (Å²) in [6.45, 7) is 2.74. The van der Waals surface area contributed by atoms with E-state index >= 15 is 0 Å². The second kappa shape index (κ2) is 6.87. The van der Waals surface area contributed by atoms with Gasteiger partial charge in [-0.15, -0.1) is 0 Å². The van der Waals surface area contributed by atoms with E-state index < -0.39 is 5.82 Å². The number of anilines is 1. The molecule has 1 aliphatic rings. The fourth-order valence-electron chi connectivity index (χ4n) is 2.00. The van der Waals surface area contributed by atoms with Gasteiger partial charge in [-0.2, -0.15) is 5.26 Å². The fraction of sp³-hybridized carbons (Fsp3) is 0.429. The highest BCUT2D eigenvalue weighted by Crippen LogP contribution is 2.15. The van der Waals surface area contributed by atoms with Crippen molar-refractivity contribution in [2.75, 3.05) is 38.2 Å². The Balaban J connectivity index is 1.80. The van der Waals surface area contributed by atoms with E-state index in [0.717, 1.165) is 0 Å². The number of nitriles is 1. The van der Waals surface area contributed by atoms with E-state index in [1.54, 1.807) is 4.90 Å². The fourth-order valence-corrected chi connectivity index (χ4v) is 2.00. The molecule has 0 radical (unpaired) electrons. The Labute approximate surface area is 116 Å². The van der Waals surface area contributed by atoms with Gasteiger partial charge in [0.2, 0.25) is 5.91 Å². The molecule has 1 fully saturated rings. The molecule has 6 heteroatoms. The van der Waals surface area contributed by atoms with Crippen LogP contribution in [0.1, 0.15) is 12.0 Å². The van der Waals surface area contributed by atoms with Crippen molar-refractivity contribution in [3.8, 4) is 6.07 Å². The predicted molar refractivity (Wildman–Crippen MR) is 71.6 cm³/mol. The van der Waals surface area contributed by atoms with Gasteiger partial charge in [0.25, 0.3) is 0 Å². The van der Waals surface area contributed by atoms with E-state index in [4.69, 9.17) is 10.00 Å². The highest BCUT2D eigenvalue weighted by atomic mass is 19.1. The van der Waals surface area contributed by atoms with E-state index in [0.29, 0.717) is 45.0 Å². The molecule has 1 aliphatic heterocycles. The van der Waals surface area contributed by atoms with Crippen molar-refractivity contribution >= 4 is 11.6 Å². The zero-order valence-corrected chi connectivity index (χ0v) is 11.1. The molecule has 1 amide bonds. The van der Waals surface area contributed by atoms with Gasteiger partial charge in [0.05, 0.1) is 30.5 Å². The Bertz CT molecular complexity index is 522. The van der Waals surface area contributed by atoms with E-state index in [1.807, 2.05) is 6.07 Å². The maximum Gasteiger partial charge on any atom is 0.224 e. The number of halogens is 1. The number of benzene rings is 1. The van der Waals surface area contributed by atoms with Gasteiger partial charge < -0.3 is 15.0 Å². The molecule has 1 aromatic carbocycles. The molecule has 1 saturated heterocycles. The van der Waals surface area contributed by atoms with Crippen molar-refractivity contribution < 1.29 is 13.9 Å². The van der Waals surface area contributed by atoms with Crippen molar-refractivity contribution in [2.45, 2.75) is 6.42 Å². The first kappa shape index (κ1) is 14.3. The number of carbonyl (C=O) groups excluding carboxylic acids is 1. The topological polar surface area (TPSA) is 65.4 Å². The van der Waals surface area contributed by atoms with Crippen LogP contribution in [0.4, 0.5) is 10.1 Å². The minimum Gasteiger partial charge on any atom is -0.382 e. The van der Waals surface area contributed by atoms with Gasteiger partial charge in [0, 0.05) is 26.1 Å². The Morgan fingerprint density at radius 2 is 2.20 bits per heavy atom. The van der Waals surface area contributed by atoms with Crippen LogP contribution in [-0.2, 0) is 9.53 Å². The maximum atomic E-state index is 13.6. The van der Waals surface area contributed by atoms with Gasteiger partial charge in [-0.25, -0.2) is 4.39 Å². The van der Waals surface area contributed by atoms with Crippen molar-refractivity contribution in [3.63, 3.8) is 0 Å². The molecule has 0 aliphatic carbocycles. The van der Waals surface area contributed by atoms with Crippen LogP contribution >= 0.6 is 0 Å². The lowest BCUT2D eigenvalue weighted by molar-refractivity contribution is -0.134. The van der Waals surface area contributed by atoms with Gasteiger partial charge in [-0.1, -0.05) is 0 Å². The number of rotatable bonds is 4. The first-order chi connectivity index (χ1) is 9.70. The maximum absolute atomic E-state index is 13.6. The van der Waals surface area contributed by atoms with Gasteiger partial charge in [-0.05, 0) is 18.2 Å². The first-order valence-corrected chi connectivity index (χ1v) is 6.50. The minimum atomic E-state index is -0.483. The van der Waals surface area contributed by atoms with E-state index in [2.05, 4.69) is 5.32 Å². The second-order valence-electron chi connectivity index (χ2n) is 4.48. The lowest BCUT2D eigenvalue weighted by atomic mass is 10.2. The van der Waals surface area contributed by atoms with Crippen LogP contribution in [0.2, 0.25) is 0 Å². The summed E-state index contributed by atoms with van der Waals surface area (Å²) >= 11 is 0. The molecule has 0 spiro atoms. The SMILES string of the molecule is N#Cc1ccc(NCCC(=O)N2CCOCC2)c(F)c1. The molecule has 1 heterocycles. The van der Waals surface area contributed by atoms with Crippen molar-refractivity contribution in [1.29, 1.82) is 5.26 Å². The van der Waals surface area contributed by atoms with Gasteiger partial charge >= 0.3 is 0 Å². The van der Waals surface area contributed by atoms with Crippen LogP contribution in [0.3, 0.4) is 0 Å². The number of nitrogens with zero attached hydrogens (tertiary/aromatic N) is 2. The van der Waals surface area contributed by atoms with Gasteiger partial charge in [0.1, 0.15) is 5.82 Å². The molecule has 0 saturated carbocycles. The standard InChI is InChI=1S/C14H16FN3O2/c15-12-9-11(10-16)1-2-13(12)17-4-3-14(19)18-5-7-20-8-6-18/h1-2,9,17H,3-8H2. The van der Waals surface area contributed by atoms with E-state index in [9.17, 15) is 9.18 Å². The molecule has 0 atom stereocenters. The van der Waals surface area contributed by atoms with Crippen molar-refractivity contribution in [3.05, 3.63) is 29.6 Å². The number of carbonyl (C=O) groups is 1. The monoisotopic (exact) mass is 277 g/mol. The summed E-state index contributed by atoms with van der Waals surface area (Å²) < 4.78 is 18.8. The molecular weight excluding hydrogens is 261 g/mol. The van der Waals surface area contributed by atoms with E-state index in [-0.39, 0.29) is 11.5 Å². The van der Waals surface area contributed by atoms with Crippen LogP contribution in [0.25, 0.3) is 0 Å². The number of morpholine rings is 1. The molecule has 106 valence electrons. The summed E-state index contributed by atoms with van der Waals surface area (Å²) in [4.78, 5) is 13.6. The first-order valence-electron chi connectivity index (χ1n) is 6.50. The Hall–Kier alpha value is -2.13. The Morgan fingerprint density at radius 3 is 2.85 bits per heavy atom. The van der Waals surface area contributed by atoms with Crippen molar-refractivity contribution in [2.24, 2.45) is 0 Å². The van der Waals surface area contributed by atoms with Crippen LogP contribution in [0, 0.1) is 17.1 Å². The summed E-state index contributed by atoms with van der Waals surface area (Å²) in [6, 6.07) is 6.09. The van der Waals surface area contributed by atoms with Crippen molar-refractivity contribution in [1.82, 2.24) is 4.90 Å². The summed E-state index contributed by atoms with van der Waals surface area (Å²) in [7, 11) is 0. The highest BCUT2D eigenvalue weighted by Gasteiger charge is 2.16. The zero-order chi connectivity index (χ0) is 14.4. The van der Waals surface area contributed by atoms with Crippen LogP contribution < -0.4 is 5.32 Å². The van der Waals surface area contributed by atoms with Crippen LogP contribution in [0.15, 0.2) is 18.2 Å². The second-order valence-corrected chi connectivity index (χ2v) is 4.48. The molecule has 0 bridgehead atoms. The molecule has 0 unspecified atom stereocenters. The number of amides is 1. The average Bonchev–Trinajstić information content (AvgIpc) is 2.49. The third-order valence-corrected chi connectivity index (χ3v) is 3.12. The molecule has 1 N–H and O–H groups in total. The molecular formula is C14H16FN3O2. The normalized spacial score (nSPS) is 14.7. The largest absolute Gasteiger partial charge is 0.382 e. The smallest absolute Gasteiger partial charge is 0.224 e. The summed E-state index contributed by atoms with van der Waals surface area (Å²) in [5.74, 6) is -0.447. The molecule has 5 nitrogen and oxygen atoms in total. The quantitative estimate of drug-likeness (QED) is 0.902. The third-order valence-electron chi connectivity index (χ3n) is 3.12. The molecule has 0 aromatic heterocycles. The number of ether oxygens (including phenoxy) is 1. The lowest BCUT2D eigenvalue weighted by Crippen LogP contribution is -2.41. The summed E-state index contributed by atoms with van der Waals surface area (Å²) in [6.07, 6.45) is 0.305. The predicted octanol–water partition coefficient (Wildman–Crippen LogP) is 1.36.